The Balaban J connectivity index is 1.69. The summed E-state index contributed by atoms with van der Waals surface area (Å²) in [7, 11) is 3.11. The Labute approximate surface area is 209 Å². The second kappa shape index (κ2) is 10.7. The summed E-state index contributed by atoms with van der Waals surface area (Å²) in [4.78, 5) is 12.9. The van der Waals surface area contributed by atoms with Crippen LogP contribution in [0.1, 0.15) is 40.7 Å². The molecule has 1 aliphatic heterocycles. The van der Waals surface area contributed by atoms with Gasteiger partial charge in [-0.15, -0.1) is 0 Å². The molecular weight excluding hydrogens is 460 g/mol. The number of rotatable bonds is 8. The number of carbonyl (C=O) groups is 1. The van der Waals surface area contributed by atoms with Crippen LogP contribution in [0.25, 0.3) is 0 Å². The minimum atomic E-state index is -0.563. The van der Waals surface area contributed by atoms with E-state index in [1.165, 1.54) is 0 Å². The lowest BCUT2D eigenvalue weighted by molar-refractivity contribution is 0.0730. The highest BCUT2D eigenvalue weighted by molar-refractivity contribution is 5.94. The molecule has 0 amide bonds. The van der Waals surface area contributed by atoms with Crippen LogP contribution in [-0.4, -0.2) is 26.8 Å². The predicted molar refractivity (Wildman–Crippen MR) is 132 cm³/mol. The molecule has 1 aliphatic rings. The zero-order chi connectivity index (χ0) is 25.7. The predicted octanol–water partition coefficient (Wildman–Crippen LogP) is 4.93. The fraction of sp³-hybridized carbons (Fsp3) is 0.214. The Morgan fingerprint density at radius 3 is 2.47 bits per heavy atom. The molecule has 0 saturated heterocycles. The van der Waals surface area contributed by atoms with Crippen LogP contribution in [0.15, 0.2) is 72.1 Å². The van der Waals surface area contributed by atoms with E-state index in [-0.39, 0.29) is 17.2 Å². The molecule has 0 spiro atoms. The van der Waals surface area contributed by atoms with Crippen LogP contribution in [0.2, 0.25) is 0 Å². The average molecular weight is 487 g/mol. The molecule has 0 aromatic heterocycles. The average Bonchev–Trinajstić information content (AvgIpc) is 2.90. The number of esters is 1. The van der Waals surface area contributed by atoms with E-state index in [1.807, 2.05) is 13.0 Å². The molecule has 0 saturated carbocycles. The van der Waals surface area contributed by atoms with Gasteiger partial charge >= 0.3 is 5.97 Å². The maximum Gasteiger partial charge on any atom is 0.347 e. The zero-order valence-electron chi connectivity index (χ0n) is 20.2. The molecule has 36 heavy (non-hydrogen) atoms. The quantitative estimate of drug-likeness (QED) is 0.352. The summed E-state index contributed by atoms with van der Waals surface area (Å²) < 4.78 is 27.9. The molecule has 3 aromatic carbocycles. The van der Waals surface area contributed by atoms with Crippen molar-refractivity contribution in [2.24, 2.45) is 5.73 Å². The monoisotopic (exact) mass is 486 g/mol. The Kier molecular flexibility index (Phi) is 7.31. The molecule has 0 bridgehead atoms. The summed E-state index contributed by atoms with van der Waals surface area (Å²) in [5.41, 5.74) is 8.09. The van der Waals surface area contributed by atoms with E-state index < -0.39 is 11.9 Å². The van der Waals surface area contributed by atoms with Crippen molar-refractivity contribution < 1.29 is 28.5 Å². The molecule has 1 atom stereocenters. The van der Waals surface area contributed by atoms with Gasteiger partial charge in [0.15, 0.2) is 0 Å². The molecule has 8 heteroatoms. The van der Waals surface area contributed by atoms with Crippen LogP contribution in [0.3, 0.4) is 0 Å². The Hall–Kier alpha value is -4.64. The van der Waals surface area contributed by atoms with E-state index in [0.717, 1.165) is 6.42 Å². The Morgan fingerprint density at radius 1 is 1.00 bits per heavy atom. The van der Waals surface area contributed by atoms with Gasteiger partial charge in [-0.05, 0) is 30.7 Å². The highest BCUT2D eigenvalue weighted by Gasteiger charge is 2.33. The van der Waals surface area contributed by atoms with Crippen molar-refractivity contribution in [1.29, 1.82) is 5.26 Å². The standard InChI is InChI=1S/C28H26N2O6/c1-4-13-34-23-8-6-5-7-21(23)28(31)35-18-10-12-20-25(15-18)36-27(30)22(16-29)26(20)19-11-9-17(32-2)14-24(19)33-3/h5-12,14-15,26H,4,13,30H2,1-3H3. The lowest BCUT2D eigenvalue weighted by atomic mass is 9.83. The van der Waals surface area contributed by atoms with E-state index >= 15 is 0 Å². The number of nitriles is 1. The maximum atomic E-state index is 12.9. The van der Waals surface area contributed by atoms with Crippen LogP contribution in [0.5, 0.6) is 28.7 Å². The molecule has 8 nitrogen and oxygen atoms in total. The third-order valence-corrected chi connectivity index (χ3v) is 5.72. The molecule has 0 aliphatic carbocycles. The molecular formula is C28H26N2O6. The number of carbonyl (C=O) groups excluding carboxylic acids is 1. The van der Waals surface area contributed by atoms with Crippen LogP contribution in [0, 0.1) is 11.3 Å². The lowest BCUT2D eigenvalue weighted by Gasteiger charge is -2.27. The summed E-state index contributed by atoms with van der Waals surface area (Å²) in [6, 6.07) is 19.4. The topological polar surface area (TPSA) is 113 Å². The number of ether oxygens (including phenoxy) is 5. The number of benzene rings is 3. The molecule has 1 heterocycles. The Morgan fingerprint density at radius 2 is 1.75 bits per heavy atom. The fourth-order valence-corrected chi connectivity index (χ4v) is 4.01. The number of nitrogens with two attached hydrogens (primary N) is 1. The van der Waals surface area contributed by atoms with Gasteiger partial charge in [-0.25, -0.2) is 4.79 Å². The summed E-state index contributed by atoms with van der Waals surface area (Å²) in [5, 5.41) is 9.86. The van der Waals surface area contributed by atoms with Gasteiger partial charge < -0.3 is 29.4 Å². The number of para-hydroxylation sites is 1. The van der Waals surface area contributed by atoms with Gasteiger partial charge in [0.25, 0.3) is 0 Å². The van der Waals surface area contributed by atoms with E-state index in [0.29, 0.717) is 46.3 Å². The maximum absolute atomic E-state index is 12.9. The number of hydrogen-bond donors (Lipinski definition) is 1. The first kappa shape index (κ1) is 24.5. The van der Waals surface area contributed by atoms with E-state index in [2.05, 4.69) is 6.07 Å². The molecule has 2 N–H and O–H groups in total. The van der Waals surface area contributed by atoms with Crippen molar-refractivity contribution in [3.05, 3.63) is 88.8 Å². The second-order valence-electron chi connectivity index (χ2n) is 7.97. The number of fused-ring (bicyclic) bond motifs is 1. The fourth-order valence-electron chi connectivity index (χ4n) is 4.01. The van der Waals surface area contributed by atoms with Crippen molar-refractivity contribution in [1.82, 2.24) is 0 Å². The van der Waals surface area contributed by atoms with Crippen LogP contribution < -0.4 is 29.4 Å². The summed E-state index contributed by atoms with van der Waals surface area (Å²) in [5.74, 6) is 1.09. The second-order valence-corrected chi connectivity index (χ2v) is 7.97. The summed E-state index contributed by atoms with van der Waals surface area (Å²) >= 11 is 0. The van der Waals surface area contributed by atoms with Gasteiger partial charge in [0.1, 0.15) is 46.0 Å². The normalized spacial score (nSPS) is 14.2. The summed E-state index contributed by atoms with van der Waals surface area (Å²) in [6.45, 7) is 2.47. The number of methoxy groups -OCH3 is 2. The van der Waals surface area contributed by atoms with Crippen molar-refractivity contribution in [3.8, 4) is 34.8 Å². The van der Waals surface area contributed by atoms with E-state index in [4.69, 9.17) is 29.4 Å². The number of hydrogen-bond acceptors (Lipinski definition) is 8. The van der Waals surface area contributed by atoms with Crippen LogP contribution in [-0.2, 0) is 0 Å². The largest absolute Gasteiger partial charge is 0.497 e. The first-order valence-electron chi connectivity index (χ1n) is 11.4. The highest BCUT2D eigenvalue weighted by Crippen LogP contribution is 2.46. The smallest absolute Gasteiger partial charge is 0.347 e. The lowest BCUT2D eigenvalue weighted by Crippen LogP contribution is -2.21. The molecule has 1 unspecified atom stereocenters. The Bertz CT molecular complexity index is 1360. The van der Waals surface area contributed by atoms with Gasteiger partial charge in [0.05, 0.1) is 26.7 Å². The van der Waals surface area contributed by atoms with Gasteiger partial charge in [0, 0.05) is 23.3 Å². The molecule has 184 valence electrons. The third-order valence-electron chi connectivity index (χ3n) is 5.72. The van der Waals surface area contributed by atoms with E-state index in [1.54, 1.807) is 68.8 Å². The van der Waals surface area contributed by atoms with Crippen LogP contribution >= 0.6 is 0 Å². The minimum absolute atomic E-state index is 0.0327. The van der Waals surface area contributed by atoms with Gasteiger partial charge in [-0.3, -0.25) is 0 Å². The minimum Gasteiger partial charge on any atom is -0.497 e. The van der Waals surface area contributed by atoms with Gasteiger partial charge in [-0.2, -0.15) is 5.26 Å². The highest BCUT2D eigenvalue weighted by atomic mass is 16.5. The number of nitrogens with zero attached hydrogens (tertiary/aromatic N) is 1. The summed E-state index contributed by atoms with van der Waals surface area (Å²) in [6.07, 6.45) is 0.811. The van der Waals surface area contributed by atoms with Crippen molar-refractivity contribution in [2.75, 3.05) is 20.8 Å². The van der Waals surface area contributed by atoms with Crippen molar-refractivity contribution in [2.45, 2.75) is 19.3 Å². The molecule has 0 radical (unpaired) electrons. The van der Waals surface area contributed by atoms with Gasteiger partial charge in [-0.1, -0.05) is 31.2 Å². The molecule has 0 fully saturated rings. The van der Waals surface area contributed by atoms with Crippen molar-refractivity contribution in [3.63, 3.8) is 0 Å². The van der Waals surface area contributed by atoms with Crippen molar-refractivity contribution >= 4 is 5.97 Å². The SMILES string of the molecule is CCCOc1ccccc1C(=O)Oc1ccc2c(c1)OC(N)=C(C#N)C2c1ccc(OC)cc1OC. The molecule has 4 rings (SSSR count). The third kappa shape index (κ3) is 4.77. The van der Waals surface area contributed by atoms with Crippen LogP contribution in [0.4, 0.5) is 0 Å². The first-order valence-corrected chi connectivity index (χ1v) is 11.4. The van der Waals surface area contributed by atoms with Gasteiger partial charge in [0.2, 0.25) is 5.88 Å². The van der Waals surface area contributed by atoms with E-state index in [9.17, 15) is 10.1 Å². The number of allylic oxidation sites excluding steroid dienone is 1. The first-order chi connectivity index (χ1) is 17.5. The molecule has 3 aromatic rings. The zero-order valence-corrected chi connectivity index (χ0v) is 20.2.